The van der Waals surface area contributed by atoms with Crippen molar-refractivity contribution in [2.75, 3.05) is 6.54 Å². The fourth-order valence-electron chi connectivity index (χ4n) is 2.81. The Balaban J connectivity index is 1.72. The summed E-state index contributed by atoms with van der Waals surface area (Å²) in [5.41, 5.74) is 2.16. The van der Waals surface area contributed by atoms with Crippen molar-refractivity contribution in [1.82, 2.24) is 19.7 Å². The molecule has 27 heavy (non-hydrogen) atoms. The van der Waals surface area contributed by atoms with Crippen molar-refractivity contribution < 1.29 is 4.79 Å². The molecule has 7 heteroatoms. The first-order valence-electron chi connectivity index (χ1n) is 8.72. The van der Waals surface area contributed by atoms with Crippen LogP contribution in [0.2, 0.25) is 0 Å². The Bertz CT molecular complexity index is 955. The number of aryl methyl sites for hydroxylation is 1. The predicted octanol–water partition coefficient (Wildman–Crippen LogP) is 4.58. The van der Waals surface area contributed by atoms with Crippen molar-refractivity contribution in [1.29, 1.82) is 0 Å². The monoisotopic (exact) mass is 398 g/mol. The Morgan fingerprint density at radius 3 is 2.81 bits per heavy atom. The van der Waals surface area contributed by atoms with Crippen LogP contribution in [0.5, 0.6) is 0 Å². The lowest BCUT2D eigenvalue weighted by Crippen LogP contribution is -2.31. The first kappa shape index (κ1) is 19.3. The summed E-state index contributed by atoms with van der Waals surface area (Å²) in [5.74, 6) is 0.822. The van der Waals surface area contributed by atoms with Gasteiger partial charge in [-0.3, -0.25) is 14.5 Å². The molecular weight excluding hydrogens is 376 g/mol. The molecule has 0 fully saturated rings. The van der Waals surface area contributed by atoms with E-state index in [4.69, 9.17) is 12.2 Å². The Labute approximate surface area is 168 Å². The summed E-state index contributed by atoms with van der Waals surface area (Å²) in [7, 11) is 0. The minimum absolute atomic E-state index is 0.0706. The summed E-state index contributed by atoms with van der Waals surface area (Å²) in [6, 6.07) is 12.1. The van der Waals surface area contributed by atoms with E-state index in [1.54, 1.807) is 17.4 Å². The van der Waals surface area contributed by atoms with Crippen LogP contribution in [0, 0.1) is 11.7 Å². The van der Waals surface area contributed by atoms with Crippen LogP contribution in [0.4, 0.5) is 0 Å². The first-order valence-corrected chi connectivity index (χ1v) is 10.0. The van der Waals surface area contributed by atoms with Gasteiger partial charge in [-0.1, -0.05) is 42.0 Å². The van der Waals surface area contributed by atoms with Gasteiger partial charge in [0.2, 0.25) is 5.91 Å². The summed E-state index contributed by atoms with van der Waals surface area (Å²) in [4.78, 5) is 15.7. The van der Waals surface area contributed by atoms with E-state index in [0.717, 1.165) is 16.3 Å². The number of benzene rings is 1. The summed E-state index contributed by atoms with van der Waals surface area (Å²) in [6.07, 6.45) is 2.11. The van der Waals surface area contributed by atoms with Gasteiger partial charge in [-0.15, -0.1) is 17.9 Å². The maximum Gasteiger partial charge on any atom is 0.224 e. The second kappa shape index (κ2) is 8.92. The largest absolute Gasteiger partial charge is 0.334 e. The molecule has 5 nitrogen and oxygen atoms in total. The normalized spacial score (nSPS) is 10.7. The lowest BCUT2D eigenvalue weighted by molar-refractivity contribution is -0.131. The zero-order valence-corrected chi connectivity index (χ0v) is 16.9. The summed E-state index contributed by atoms with van der Waals surface area (Å²) in [6.45, 7) is 7.42. The van der Waals surface area contributed by atoms with Crippen molar-refractivity contribution in [3.63, 3.8) is 0 Å². The fourth-order valence-corrected chi connectivity index (χ4v) is 3.76. The average Bonchev–Trinajstić information content (AvgIpc) is 3.30. The SMILES string of the molecule is C=CCN(Cc1cccs1)C(=O)CCn1c(-c2ccc(C)cc2)n[nH]c1=S. The maximum atomic E-state index is 12.8. The molecule has 1 aromatic carbocycles. The predicted molar refractivity (Wildman–Crippen MR) is 112 cm³/mol. The van der Waals surface area contributed by atoms with Gasteiger partial charge in [0.15, 0.2) is 10.6 Å². The van der Waals surface area contributed by atoms with Gasteiger partial charge >= 0.3 is 0 Å². The number of thiophene rings is 1. The van der Waals surface area contributed by atoms with Gasteiger partial charge in [0, 0.05) is 30.0 Å². The Morgan fingerprint density at radius 2 is 2.15 bits per heavy atom. The maximum absolute atomic E-state index is 12.8. The van der Waals surface area contributed by atoms with E-state index in [1.807, 2.05) is 58.2 Å². The van der Waals surface area contributed by atoms with E-state index in [0.29, 0.717) is 30.8 Å². The van der Waals surface area contributed by atoms with Crippen LogP contribution in [-0.4, -0.2) is 32.1 Å². The molecule has 0 saturated heterocycles. The number of carbonyl (C=O) groups is 1. The van der Waals surface area contributed by atoms with Crippen LogP contribution >= 0.6 is 23.6 Å². The molecule has 0 aliphatic heterocycles. The van der Waals surface area contributed by atoms with Crippen molar-refractivity contribution in [3.8, 4) is 11.4 Å². The topological polar surface area (TPSA) is 53.9 Å². The van der Waals surface area contributed by atoms with Crippen LogP contribution in [0.25, 0.3) is 11.4 Å². The highest BCUT2D eigenvalue weighted by Gasteiger charge is 2.15. The number of aromatic nitrogens is 3. The third-order valence-electron chi connectivity index (χ3n) is 4.25. The van der Waals surface area contributed by atoms with Gasteiger partial charge in [-0.2, -0.15) is 5.10 Å². The third kappa shape index (κ3) is 4.81. The van der Waals surface area contributed by atoms with E-state index in [2.05, 4.69) is 16.8 Å². The van der Waals surface area contributed by atoms with Gasteiger partial charge in [0.05, 0.1) is 6.54 Å². The molecule has 1 N–H and O–H groups in total. The van der Waals surface area contributed by atoms with Crippen molar-refractivity contribution >= 4 is 29.5 Å². The molecule has 0 aliphatic rings. The van der Waals surface area contributed by atoms with E-state index in [-0.39, 0.29) is 5.91 Å². The van der Waals surface area contributed by atoms with Gasteiger partial charge in [0.25, 0.3) is 0 Å². The molecule has 0 radical (unpaired) electrons. The Hall–Kier alpha value is -2.51. The minimum Gasteiger partial charge on any atom is -0.334 e. The summed E-state index contributed by atoms with van der Waals surface area (Å²) < 4.78 is 2.40. The van der Waals surface area contributed by atoms with E-state index < -0.39 is 0 Å². The number of hydrogen-bond donors (Lipinski definition) is 1. The highest BCUT2D eigenvalue weighted by molar-refractivity contribution is 7.71. The second-order valence-electron chi connectivity index (χ2n) is 6.26. The van der Waals surface area contributed by atoms with Crippen molar-refractivity contribution in [2.45, 2.75) is 26.4 Å². The van der Waals surface area contributed by atoms with Crippen molar-refractivity contribution in [2.24, 2.45) is 0 Å². The number of nitrogens with one attached hydrogen (secondary N) is 1. The third-order valence-corrected chi connectivity index (χ3v) is 5.42. The van der Waals surface area contributed by atoms with Crippen LogP contribution in [0.3, 0.4) is 0 Å². The number of nitrogens with zero attached hydrogens (tertiary/aromatic N) is 3. The molecule has 0 bridgehead atoms. The standard InChI is InChI=1S/C20H22N4OS2/c1-3-11-23(14-17-5-4-13-27-17)18(25)10-12-24-19(21-22-20(24)26)16-8-6-15(2)7-9-16/h3-9,13H,1,10-12,14H2,2H3,(H,22,26). The lowest BCUT2D eigenvalue weighted by Gasteiger charge is -2.20. The number of H-pyrrole nitrogens is 1. The fraction of sp³-hybridized carbons (Fsp3) is 0.250. The molecule has 0 unspecified atom stereocenters. The molecule has 3 aromatic rings. The minimum atomic E-state index is 0.0706. The number of amides is 1. The number of aromatic amines is 1. The molecular formula is C20H22N4OS2. The summed E-state index contributed by atoms with van der Waals surface area (Å²) >= 11 is 7.02. The van der Waals surface area contributed by atoms with Crippen LogP contribution in [0.1, 0.15) is 16.9 Å². The lowest BCUT2D eigenvalue weighted by atomic mass is 10.1. The highest BCUT2D eigenvalue weighted by atomic mass is 32.1. The van der Waals surface area contributed by atoms with Gasteiger partial charge < -0.3 is 4.90 Å². The number of hydrogen-bond acceptors (Lipinski definition) is 4. The van der Waals surface area contributed by atoms with E-state index in [1.165, 1.54) is 5.56 Å². The molecule has 3 rings (SSSR count). The zero-order chi connectivity index (χ0) is 19.2. The second-order valence-corrected chi connectivity index (χ2v) is 7.68. The molecule has 2 aromatic heterocycles. The molecule has 1 amide bonds. The van der Waals surface area contributed by atoms with Crippen LogP contribution in [0.15, 0.2) is 54.4 Å². The molecule has 0 spiro atoms. The van der Waals surface area contributed by atoms with Crippen LogP contribution < -0.4 is 0 Å². The smallest absolute Gasteiger partial charge is 0.224 e. The number of rotatable bonds is 8. The molecule has 2 heterocycles. The molecule has 0 aliphatic carbocycles. The molecule has 140 valence electrons. The summed E-state index contributed by atoms with van der Waals surface area (Å²) in [5, 5.41) is 9.20. The van der Waals surface area contributed by atoms with Crippen molar-refractivity contribution in [3.05, 3.63) is 69.6 Å². The Morgan fingerprint density at radius 1 is 1.37 bits per heavy atom. The van der Waals surface area contributed by atoms with E-state index in [9.17, 15) is 4.79 Å². The van der Waals surface area contributed by atoms with E-state index >= 15 is 0 Å². The quantitative estimate of drug-likeness (QED) is 0.446. The van der Waals surface area contributed by atoms with Crippen LogP contribution in [-0.2, 0) is 17.9 Å². The molecule has 0 saturated carbocycles. The number of carbonyl (C=O) groups excluding carboxylic acids is 1. The zero-order valence-electron chi connectivity index (χ0n) is 15.2. The highest BCUT2D eigenvalue weighted by Crippen LogP contribution is 2.19. The van der Waals surface area contributed by atoms with Gasteiger partial charge in [-0.05, 0) is 30.6 Å². The van der Waals surface area contributed by atoms with Gasteiger partial charge in [-0.25, -0.2) is 0 Å². The Kier molecular flexibility index (Phi) is 6.36. The first-order chi connectivity index (χ1) is 13.1. The average molecular weight is 399 g/mol. The molecule has 0 atom stereocenters. The van der Waals surface area contributed by atoms with Gasteiger partial charge in [0.1, 0.15) is 0 Å².